The lowest BCUT2D eigenvalue weighted by atomic mass is 9.89. The molecule has 0 bridgehead atoms. The smallest absolute Gasteiger partial charge is 0.123 e. The van der Waals surface area contributed by atoms with Crippen molar-refractivity contribution in [1.82, 2.24) is 9.55 Å². The number of hydrogen-bond donors (Lipinski definition) is 1. The molecule has 0 fully saturated rings. The molecule has 2 N–H and O–H groups in total. The fourth-order valence-corrected chi connectivity index (χ4v) is 3.23. The molecule has 118 valence electrons. The standard InChI is InChI=1S/C17H18N4OS/c1-17(2)7-12-13(8-18)15(19)21(16(23)14(12)10-22-17)9-11-3-5-20-6-4-11/h3-6H,7,9-10,19H2,1-2H3. The molecule has 0 spiro atoms. The van der Waals surface area contributed by atoms with Crippen LogP contribution < -0.4 is 5.73 Å². The van der Waals surface area contributed by atoms with Gasteiger partial charge in [-0.3, -0.25) is 4.98 Å². The monoisotopic (exact) mass is 326 g/mol. The Hall–Kier alpha value is -2.23. The van der Waals surface area contributed by atoms with Gasteiger partial charge in [0, 0.05) is 24.4 Å². The van der Waals surface area contributed by atoms with E-state index in [1.54, 1.807) is 12.4 Å². The summed E-state index contributed by atoms with van der Waals surface area (Å²) >= 11 is 5.63. The van der Waals surface area contributed by atoms with Crippen LogP contribution >= 0.6 is 12.2 Å². The fraction of sp³-hybridized carbons (Fsp3) is 0.353. The second kappa shape index (κ2) is 5.76. The van der Waals surface area contributed by atoms with Gasteiger partial charge in [0.1, 0.15) is 16.5 Å². The van der Waals surface area contributed by atoms with E-state index in [2.05, 4.69) is 11.1 Å². The molecule has 3 rings (SSSR count). The first-order valence-corrected chi connectivity index (χ1v) is 7.81. The zero-order chi connectivity index (χ0) is 16.6. The second-order valence-electron chi connectivity index (χ2n) is 6.30. The Bertz CT molecular complexity index is 850. The summed E-state index contributed by atoms with van der Waals surface area (Å²) in [6, 6.07) is 6.07. The SMILES string of the molecule is CC1(C)Cc2c(C#N)c(N)n(Cc3ccncc3)c(=S)c2CO1. The highest BCUT2D eigenvalue weighted by atomic mass is 32.1. The molecule has 0 saturated carbocycles. The zero-order valence-electron chi connectivity index (χ0n) is 13.2. The van der Waals surface area contributed by atoms with Crippen LogP contribution in [0, 0.1) is 16.0 Å². The van der Waals surface area contributed by atoms with E-state index >= 15 is 0 Å². The molecule has 0 aromatic carbocycles. The van der Waals surface area contributed by atoms with E-state index in [9.17, 15) is 5.26 Å². The van der Waals surface area contributed by atoms with Crippen molar-refractivity contribution in [3.05, 3.63) is 51.4 Å². The number of pyridine rings is 2. The molecule has 2 aromatic rings. The molecule has 0 atom stereocenters. The van der Waals surface area contributed by atoms with Gasteiger partial charge in [-0.1, -0.05) is 12.2 Å². The Labute approximate surface area is 140 Å². The zero-order valence-corrected chi connectivity index (χ0v) is 14.0. The third-order valence-corrected chi connectivity index (χ3v) is 4.59. The van der Waals surface area contributed by atoms with Crippen LogP contribution in [0.2, 0.25) is 0 Å². The minimum Gasteiger partial charge on any atom is -0.384 e. The summed E-state index contributed by atoms with van der Waals surface area (Å²) in [6.45, 7) is 4.94. The van der Waals surface area contributed by atoms with Gasteiger partial charge in [0.05, 0.1) is 24.3 Å². The van der Waals surface area contributed by atoms with Gasteiger partial charge in [-0.05, 0) is 37.1 Å². The maximum atomic E-state index is 9.60. The van der Waals surface area contributed by atoms with E-state index in [0.717, 1.165) is 16.7 Å². The Morgan fingerprint density at radius 2 is 2.09 bits per heavy atom. The number of aromatic nitrogens is 2. The lowest BCUT2D eigenvalue weighted by Gasteiger charge is -2.33. The summed E-state index contributed by atoms with van der Waals surface area (Å²) in [7, 11) is 0. The molecular weight excluding hydrogens is 308 g/mol. The average Bonchev–Trinajstić information content (AvgIpc) is 2.52. The van der Waals surface area contributed by atoms with E-state index in [-0.39, 0.29) is 5.60 Å². The van der Waals surface area contributed by atoms with Crippen molar-refractivity contribution in [2.75, 3.05) is 5.73 Å². The predicted molar refractivity (Wildman–Crippen MR) is 90.3 cm³/mol. The highest BCUT2D eigenvalue weighted by Gasteiger charge is 2.31. The number of rotatable bonds is 2. The van der Waals surface area contributed by atoms with Crippen LogP contribution in [0.3, 0.4) is 0 Å². The summed E-state index contributed by atoms with van der Waals surface area (Å²) in [4.78, 5) is 4.01. The lowest BCUT2D eigenvalue weighted by Crippen LogP contribution is -2.33. The van der Waals surface area contributed by atoms with Crippen LogP contribution in [-0.4, -0.2) is 15.2 Å². The lowest BCUT2D eigenvalue weighted by molar-refractivity contribution is -0.0406. The Kier molecular flexibility index (Phi) is 3.92. The summed E-state index contributed by atoms with van der Waals surface area (Å²) in [5, 5.41) is 9.60. The van der Waals surface area contributed by atoms with Crippen molar-refractivity contribution in [3.8, 4) is 6.07 Å². The van der Waals surface area contributed by atoms with Gasteiger partial charge in [-0.2, -0.15) is 5.26 Å². The molecule has 3 heterocycles. The summed E-state index contributed by atoms with van der Waals surface area (Å²) in [5.41, 5.74) is 9.33. The first-order chi connectivity index (χ1) is 10.9. The Morgan fingerprint density at radius 3 is 2.74 bits per heavy atom. The number of nitriles is 1. The summed E-state index contributed by atoms with van der Waals surface area (Å²) in [5.74, 6) is 0.422. The number of nitrogen functional groups attached to an aromatic ring is 1. The predicted octanol–water partition coefficient (Wildman–Crippen LogP) is 2.97. The van der Waals surface area contributed by atoms with Crippen molar-refractivity contribution in [2.24, 2.45) is 0 Å². The largest absolute Gasteiger partial charge is 0.384 e. The van der Waals surface area contributed by atoms with Gasteiger partial charge >= 0.3 is 0 Å². The molecule has 2 aromatic heterocycles. The van der Waals surface area contributed by atoms with Gasteiger partial charge in [0.15, 0.2) is 0 Å². The molecule has 5 nitrogen and oxygen atoms in total. The van der Waals surface area contributed by atoms with Crippen molar-refractivity contribution in [3.63, 3.8) is 0 Å². The van der Waals surface area contributed by atoms with Crippen LogP contribution in [0.4, 0.5) is 5.82 Å². The maximum Gasteiger partial charge on any atom is 0.123 e. The van der Waals surface area contributed by atoms with Crippen molar-refractivity contribution in [1.29, 1.82) is 5.26 Å². The van der Waals surface area contributed by atoms with E-state index in [1.165, 1.54) is 0 Å². The van der Waals surface area contributed by atoms with Crippen LogP contribution in [-0.2, 0) is 24.3 Å². The molecule has 0 aliphatic carbocycles. The van der Waals surface area contributed by atoms with Gasteiger partial charge in [-0.25, -0.2) is 0 Å². The van der Waals surface area contributed by atoms with E-state index < -0.39 is 0 Å². The topological polar surface area (TPSA) is 76.9 Å². The Morgan fingerprint density at radius 1 is 1.39 bits per heavy atom. The molecule has 0 unspecified atom stereocenters. The van der Waals surface area contributed by atoms with Crippen LogP contribution in [0.5, 0.6) is 0 Å². The second-order valence-corrected chi connectivity index (χ2v) is 6.69. The quantitative estimate of drug-likeness (QED) is 0.859. The maximum absolute atomic E-state index is 9.60. The number of anilines is 1. The normalized spacial score (nSPS) is 15.7. The number of nitrogens with zero attached hydrogens (tertiary/aromatic N) is 3. The van der Waals surface area contributed by atoms with Crippen molar-refractivity contribution >= 4 is 18.0 Å². The number of fused-ring (bicyclic) bond motifs is 1. The van der Waals surface area contributed by atoms with E-state index in [1.807, 2.05) is 30.5 Å². The van der Waals surface area contributed by atoms with Crippen LogP contribution in [0.1, 0.15) is 36.1 Å². The van der Waals surface area contributed by atoms with Crippen molar-refractivity contribution < 1.29 is 4.74 Å². The first-order valence-electron chi connectivity index (χ1n) is 7.40. The number of nitrogens with two attached hydrogens (primary N) is 1. The van der Waals surface area contributed by atoms with E-state index in [0.29, 0.717) is 35.6 Å². The molecule has 0 saturated heterocycles. The fourth-order valence-electron chi connectivity index (χ4n) is 2.88. The van der Waals surface area contributed by atoms with Crippen molar-refractivity contribution in [2.45, 2.75) is 39.0 Å². The van der Waals surface area contributed by atoms with Gasteiger partial charge < -0.3 is 15.0 Å². The van der Waals surface area contributed by atoms with Crippen LogP contribution in [0.15, 0.2) is 24.5 Å². The number of hydrogen-bond acceptors (Lipinski definition) is 5. The highest BCUT2D eigenvalue weighted by Crippen LogP contribution is 2.33. The molecule has 1 aliphatic heterocycles. The Balaban J connectivity index is 2.17. The molecule has 23 heavy (non-hydrogen) atoms. The third-order valence-electron chi connectivity index (χ3n) is 4.13. The van der Waals surface area contributed by atoms with E-state index in [4.69, 9.17) is 22.7 Å². The number of ether oxygens (including phenoxy) is 1. The molecule has 0 amide bonds. The highest BCUT2D eigenvalue weighted by molar-refractivity contribution is 7.71. The minimum absolute atomic E-state index is 0.315. The van der Waals surface area contributed by atoms with Gasteiger partial charge in [-0.15, -0.1) is 0 Å². The van der Waals surface area contributed by atoms with Crippen LogP contribution in [0.25, 0.3) is 0 Å². The summed E-state index contributed by atoms with van der Waals surface area (Å²) < 4.78 is 8.33. The molecule has 1 aliphatic rings. The van der Waals surface area contributed by atoms with Gasteiger partial charge in [0.25, 0.3) is 0 Å². The van der Waals surface area contributed by atoms with Gasteiger partial charge in [0.2, 0.25) is 0 Å². The summed E-state index contributed by atoms with van der Waals surface area (Å²) in [6.07, 6.45) is 4.09. The molecular formula is C17H18N4OS. The minimum atomic E-state index is -0.315. The molecule has 0 radical (unpaired) electrons. The molecule has 6 heteroatoms. The first kappa shape index (κ1) is 15.7. The third kappa shape index (κ3) is 2.85. The average molecular weight is 326 g/mol.